The van der Waals surface area contributed by atoms with E-state index in [1.165, 1.54) is 16.4 Å². The first-order valence-electron chi connectivity index (χ1n) is 3.05. The number of oxime groups is 1. The minimum Gasteiger partial charge on any atom is -0.409 e. The first-order valence-corrected chi connectivity index (χ1v) is 4.04. The standard InChI is InChI=1S/C4H8N6OS/c1-10-4(6-8-9-10)12-2-3(5)7-11/h11H,2H2,1H3,(H2,5,7). The summed E-state index contributed by atoms with van der Waals surface area (Å²) in [6.45, 7) is 0. The van der Waals surface area contributed by atoms with E-state index in [0.29, 0.717) is 10.9 Å². The predicted molar refractivity (Wildman–Crippen MR) is 42.9 cm³/mol. The smallest absolute Gasteiger partial charge is 0.209 e. The molecule has 0 aromatic carbocycles. The number of hydrogen-bond acceptors (Lipinski definition) is 6. The van der Waals surface area contributed by atoms with Crippen LogP contribution in [-0.2, 0) is 7.05 Å². The molecule has 0 radical (unpaired) electrons. The summed E-state index contributed by atoms with van der Waals surface area (Å²) in [7, 11) is 1.72. The Balaban J connectivity index is 2.49. The molecule has 0 amide bonds. The zero-order chi connectivity index (χ0) is 8.97. The lowest BCUT2D eigenvalue weighted by Gasteiger charge is -1.96. The second-order valence-electron chi connectivity index (χ2n) is 1.97. The fourth-order valence-corrected chi connectivity index (χ4v) is 1.16. The van der Waals surface area contributed by atoms with Crippen LogP contribution >= 0.6 is 11.8 Å². The maximum atomic E-state index is 8.22. The van der Waals surface area contributed by atoms with E-state index in [0.717, 1.165) is 0 Å². The molecule has 12 heavy (non-hydrogen) atoms. The molecule has 8 heteroatoms. The van der Waals surface area contributed by atoms with Crippen LogP contribution in [0.4, 0.5) is 0 Å². The molecule has 3 N–H and O–H groups in total. The Kier molecular flexibility index (Phi) is 2.86. The summed E-state index contributed by atoms with van der Waals surface area (Å²) in [4.78, 5) is 0. The summed E-state index contributed by atoms with van der Waals surface area (Å²) in [5, 5.41) is 22.4. The highest BCUT2D eigenvalue weighted by molar-refractivity contribution is 7.99. The number of rotatable bonds is 3. The predicted octanol–water partition coefficient (Wildman–Crippen LogP) is -0.951. The van der Waals surface area contributed by atoms with Crippen molar-refractivity contribution in [1.29, 1.82) is 0 Å². The number of tetrazole rings is 1. The average molecular weight is 188 g/mol. The van der Waals surface area contributed by atoms with Gasteiger partial charge in [-0.25, -0.2) is 4.68 Å². The number of amidine groups is 1. The summed E-state index contributed by atoms with van der Waals surface area (Å²) >= 11 is 1.30. The van der Waals surface area contributed by atoms with Crippen molar-refractivity contribution in [3.8, 4) is 0 Å². The van der Waals surface area contributed by atoms with Crippen LogP contribution < -0.4 is 5.73 Å². The molecule has 7 nitrogen and oxygen atoms in total. The van der Waals surface area contributed by atoms with Crippen molar-refractivity contribution < 1.29 is 5.21 Å². The number of hydrogen-bond donors (Lipinski definition) is 2. The van der Waals surface area contributed by atoms with Gasteiger partial charge >= 0.3 is 0 Å². The zero-order valence-corrected chi connectivity index (χ0v) is 7.19. The molecule has 0 fully saturated rings. The third-order valence-corrected chi connectivity index (χ3v) is 2.10. The van der Waals surface area contributed by atoms with E-state index in [2.05, 4.69) is 20.7 Å². The first kappa shape index (κ1) is 8.78. The van der Waals surface area contributed by atoms with E-state index in [9.17, 15) is 0 Å². The molecule has 0 aliphatic rings. The quantitative estimate of drug-likeness (QED) is 0.208. The Hall–Kier alpha value is -1.31. The molecule has 0 spiro atoms. The van der Waals surface area contributed by atoms with Gasteiger partial charge in [0.05, 0.1) is 5.75 Å². The van der Waals surface area contributed by atoms with Crippen LogP contribution in [-0.4, -0.2) is 37.0 Å². The molecule has 1 rings (SSSR count). The first-order chi connectivity index (χ1) is 5.74. The maximum Gasteiger partial charge on any atom is 0.209 e. The van der Waals surface area contributed by atoms with Gasteiger partial charge in [-0.2, -0.15) is 0 Å². The molecule has 0 aliphatic carbocycles. The molecule has 66 valence electrons. The Labute approximate surface area is 72.6 Å². The van der Waals surface area contributed by atoms with Gasteiger partial charge in [-0.1, -0.05) is 16.9 Å². The van der Waals surface area contributed by atoms with E-state index < -0.39 is 0 Å². The van der Waals surface area contributed by atoms with Crippen LogP contribution in [0.25, 0.3) is 0 Å². The highest BCUT2D eigenvalue weighted by Gasteiger charge is 2.03. The van der Waals surface area contributed by atoms with E-state index in [-0.39, 0.29) is 5.84 Å². The maximum absolute atomic E-state index is 8.22. The number of nitrogens with two attached hydrogens (primary N) is 1. The third kappa shape index (κ3) is 2.09. The monoisotopic (exact) mass is 188 g/mol. The van der Waals surface area contributed by atoms with Gasteiger partial charge in [0, 0.05) is 7.05 Å². The normalized spacial score (nSPS) is 11.9. The van der Waals surface area contributed by atoms with Crippen molar-refractivity contribution in [3.05, 3.63) is 0 Å². The van der Waals surface area contributed by atoms with Crippen LogP contribution in [0.2, 0.25) is 0 Å². The Morgan fingerprint density at radius 3 is 3.08 bits per heavy atom. The van der Waals surface area contributed by atoms with Gasteiger partial charge in [0.25, 0.3) is 0 Å². The molecule has 0 saturated heterocycles. The Morgan fingerprint density at radius 2 is 2.58 bits per heavy atom. The fraction of sp³-hybridized carbons (Fsp3) is 0.500. The minimum atomic E-state index is 0.142. The van der Waals surface area contributed by atoms with Crippen LogP contribution in [0.3, 0.4) is 0 Å². The largest absolute Gasteiger partial charge is 0.409 e. The molecule has 1 aromatic heterocycles. The molecule has 0 saturated carbocycles. The van der Waals surface area contributed by atoms with Gasteiger partial charge in [0.1, 0.15) is 5.84 Å². The lowest BCUT2D eigenvalue weighted by atomic mass is 10.7. The second kappa shape index (κ2) is 3.90. The van der Waals surface area contributed by atoms with Gasteiger partial charge in [-0.05, 0) is 10.4 Å². The van der Waals surface area contributed by atoms with Crippen molar-refractivity contribution in [3.63, 3.8) is 0 Å². The lowest BCUT2D eigenvalue weighted by molar-refractivity contribution is 0.318. The molecule has 0 atom stereocenters. The molecule has 0 unspecified atom stereocenters. The van der Waals surface area contributed by atoms with E-state index in [1.54, 1.807) is 7.05 Å². The van der Waals surface area contributed by atoms with Crippen LogP contribution in [0, 0.1) is 0 Å². The van der Waals surface area contributed by atoms with Crippen molar-refractivity contribution in [1.82, 2.24) is 20.2 Å². The average Bonchev–Trinajstić information content (AvgIpc) is 2.47. The SMILES string of the molecule is Cn1nnnc1SC/C(N)=N/O. The van der Waals surface area contributed by atoms with Crippen molar-refractivity contribution in [2.45, 2.75) is 5.16 Å². The summed E-state index contributed by atoms with van der Waals surface area (Å²) in [5.74, 6) is 0.507. The third-order valence-electron chi connectivity index (χ3n) is 1.06. The van der Waals surface area contributed by atoms with Crippen molar-refractivity contribution in [2.24, 2.45) is 17.9 Å². The topological polar surface area (TPSA) is 102 Å². The highest BCUT2D eigenvalue weighted by atomic mass is 32.2. The van der Waals surface area contributed by atoms with Crippen molar-refractivity contribution >= 4 is 17.6 Å². The van der Waals surface area contributed by atoms with Gasteiger partial charge in [0.2, 0.25) is 5.16 Å². The summed E-state index contributed by atoms with van der Waals surface area (Å²) in [5.41, 5.74) is 5.24. The zero-order valence-electron chi connectivity index (χ0n) is 6.38. The van der Waals surface area contributed by atoms with E-state index in [4.69, 9.17) is 10.9 Å². The molecule has 1 heterocycles. The van der Waals surface area contributed by atoms with Gasteiger partial charge < -0.3 is 10.9 Å². The lowest BCUT2D eigenvalue weighted by Crippen LogP contribution is -2.14. The van der Waals surface area contributed by atoms with Gasteiger partial charge in [-0.15, -0.1) is 5.10 Å². The van der Waals surface area contributed by atoms with Crippen LogP contribution in [0.1, 0.15) is 0 Å². The Bertz CT molecular complexity index is 283. The Morgan fingerprint density at radius 1 is 1.83 bits per heavy atom. The number of aromatic nitrogens is 4. The van der Waals surface area contributed by atoms with Gasteiger partial charge in [0.15, 0.2) is 0 Å². The van der Waals surface area contributed by atoms with Gasteiger partial charge in [-0.3, -0.25) is 0 Å². The number of aryl methyl sites for hydroxylation is 1. The van der Waals surface area contributed by atoms with E-state index in [1.807, 2.05) is 0 Å². The summed E-state index contributed by atoms with van der Waals surface area (Å²) in [6.07, 6.45) is 0. The molecular formula is C4H8N6OS. The number of nitrogens with zero attached hydrogens (tertiary/aromatic N) is 5. The van der Waals surface area contributed by atoms with Crippen LogP contribution in [0.15, 0.2) is 10.3 Å². The second-order valence-corrected chi connectivity index (χ2v) is 2.91. The molecule has 0 bridgehead atoms. The highest BCUT2D eigenvalue weighted by Crippen LogP contribution is 2.10. The summed E-state index contributed by atoms with van der Waals surface area (Å²) < 4.78 is 1.51. The van der Waals surface area contributed by atoms with Crippen LogP contribution in [0.5, 0.6) is 0 Å². The van der Waals surface area contributed by atoms with Crippen molar-refractivity contribution in [2.75, 3.05) is 5.75 Å². The molecule has 1 aromatic rings. The number of thioether (sulfide) groups is 1. The summed E-state index contributed by atoms with van der Waals surface area (Å²) in [6, 6.07) is 0. The molecule has 0 aliphatic heterocycles. The van der Waals surface area contributed by atoms with E-state index >= 15 is 0 Å². The molecular weight excluding hydrogens is 180 g/mol. The fourth-order valence-electron chi connectivity index (χ4n) is 0.511. The minimum absolute atomic E-state index is 0.142.